The number of rotatable bonds is 16. The van der Waals surface area contributed by atoms with E-state index < -0.39 is 42.2 Å². The Morgan fingerprint density at radius 1 is 0.790 bits per heavy atom. The predicted molar refractivity (Wildman–Crippen MR) is 234 cm³/mol. The minimum atomic E-state index is -1.03. The lowest BCUT2D eigenvalue weighted by Crippen LogP contribution is -2.46. The number of aliphatic hydroxyl groups is 1. The molecule has 0 unspecified atom stereocenters. The smallest absolute Gasteiger partial charge is 0.407 e. The van der Waals surface area contributed by atoms with Crippen LogP contribution >= 0.6 is 0 Å². The van der Waals surface area contributed by atoms with E-state index in [4.69, 9.17) is 14.2 Å². The molecule has 0 fully saturated rings. The van der Waals surface area contributed by atoms with Crippen molar-refractivity contribution in [3.63, 3.8) is 0 Å². The van der Waals surface area contributed by atoms with Crippen LogP contribution in [0.3, 0.4) is 0 Å². The third-order valence-corrected chi connectivity index (χ3v) is 11.1. The van der Waals surface area contributed by atoms with E-state index in [9.17, 15) is 29.1 Å². The first-order valence-electron chi connectivity index (χ1n) is 21.4. The number of alkyl carbamates (subject to hydrolysis) is 2. The summed E-state index contributed by atoms with van der Waals surface area (Å²) in [5.74, 6) is -2.34. The van der Waals surface area contributed by atoms with E-state index in [-0.39, 0.29) is 63.4 Å². The SMILES string of the molecule is O=C(C[C@H]1CC=CCC[C@H](NC(=O)OCC2c3ccccc3-c3ccccc32)C(=O)OC[C@H](CCCCNC(=O)OCc2ccccc2)NC1=O)N[C@H](CO)Cc1ccccc1. The van der Waals surface area contributed by atoms with Gasteiger partial charge >= 0.3 is 18.2 Å². The molecule has 0 spiro atoms. The maximum Gasteiger partial charge on any atom is 0.407 e. The van der Waals surface area contributed by atoms with Crippen molar-refractivity contribution in [2.45, 2.75) is 82.0 Å². The first kappa shape index (κ1) is 45.1. The van der Waals surface area contributed by atoms with Crippen molar-refractivity contribution >= 4 is 30.0 Å². The number of unbranched alkanes of at least 4 members (excludes halogenated alkanes) is 1. The zero-order chi connectivity index (χ0) is 43.5. The van der Waals surface area contributed by atoms with E-state index in [0.29, 0.717) is 38.6 Å². The number of benzene rings is 4. The van der Waals surface area contributed by atoms with Crippen molar-refractivity contribution in [2.75, 3.05) is 26.4 Å². The second-order valence-electron chi connectivity index (χ2n) is 15.7. The zero-order valence-corrected chi connectivity index (χ0v) is 34.8. The number of aliphatic hydroxyl groups excluding tert-OH is 1. The molecule has 2 aliphatic rings. The van der Waals surface area contributed by atoms with Gasteiger partial charge in [-0.15, -0.1) is 0 Å². The van der Waals surface area contributed by atoms with E-state index >= 15 is 0 Å². The number of carbonyl (C=O) groups is 5. The van der Waals surface area contributed by atoms with E-state index in [2.05, 4.69) is 33.4 Å². The van der Waals surface area contributed by atoms with Gasteiger partial charge in [0.25, 0.3) is 0 Å². The number of esters is 1. The van der Waals surface area contributed by atoms with Gasteiger partial charge in [0.2, 0.25) is 11.8 Å². The summed E-state index contributed by atoms with van der Waals surface area (Å²) in [6.45, 7) is 0.0926. The van der Waals surface area contributed by atoms with Gasteiger partial charge in [-0.2, -0.15) is 0 Å². The normalized spacial score (nSPS) is 18.2. The molecule has 13 heteroatoms. The van der Waals surface area contributed by atoms with Crippen LogP contribution in [0.15, 0.2) is 121 Å². The standard InChI is InChI=1S/C49H56N4O9/c54-30-38(28-34-16-4-1-5-17-34)51-45(55)29-36-20-8-3-9-26-44(53-49(59)62-33-43-41-24-12-10-22-39(41)40-23-11-13-25-42(40)43)47(57)60-32-37(52-46(36)56)21-14-15-27-50-48(58)61-31-35-18-6-2-7-19-35/h1-8,10-13,16-19,22-25,36-38,43-44,54H,9,14-15,20-21,26-33H2,(H,50,58)(H,51,55)(H,52,56)(H,53,59)/t36-,37+,38+,44+/m1/s1. The Morgan fingerprint density at radius 2 is 1.45 bits per heavy atom. The van der Waals surface area contributed by atoms with Crippen molar-refractivity contribution in [1.82, 2.24) is 21.3 Å². The Balaban J connectivity index is 1.07. The van der Waals surface area contributed by atoms with E-state index in [1.165, 1.54) is 0 Å². The van der Waals surface area contributed by atoms with Gasteiger partial charge in [-0.1, -0.05) is 121 Å². The first-order chi connectivity index (χ1) is 30.3. The van der Waals surface area contributed by atoms with Gasteiger partial charge < -0.3 is 40.6 Å². The molecule has 13 nitrogen and oxygen atoms in total. The third-order valence-electron chi connectivity index (χ3n) is 11.1. The number of hydrogen-bond acceptors (Lipinski definition) is 9. The van der Waals surface area contributed by atoms with Gasteiger partial charge in [-0.25, -0.2) is 14.4 Å². The fourth-order valence-electron chi connectivity index (χ4n) is 7.81. The Hall–Kier alpha value is -6.47. The third kappa shape index (κ3) is 13.5. The number of hydrogen-bond donors (Lipinski definition) is 5. The summed E-state index contributed by atoms with van der Waals surface area (Å²) >= 11 is 0. The summed E-state index contributed by atoms with van der Waals surface area (Å²) in [5, 5.41) is 21.4. The fourth-order valence-corrected chi connectivity index (χ4v) is 7.81. The van der Waals surface area contributed by atoms with Crippen LogP contribution in [0.4, 0.5) is 9.59 Å². The first-order valence-corrected chi connectivity index (χ1v) is 21.4. The molecule has 326 valence electrons. The second-order valence-corrected chi connectivity index (χ2v) is 15.7. The molecule has 1 aliphatic carbocycles. The largest absolute Gasteiger partial charge is 0.462 e. The highest BCUT2D eigenvalue weighted by atomic mass is 16.6. The summed E-state index contributed by atoms with van der Waals surface area (Å²) in [4.78, 5) is 66.3. The van der Waals surface area contributed by atoms with Gasteiger partial charge in [0.05, 0.1) is 24.6 Å². The molecule has 0 aromatic heterocycles. The van der Waals surface area contributed by atoms with E-state index in [1.807, 2.05) is 103 Å². The van der Waals surface area contributed by atoms with Crippen LogP contribution < -0.4 is 21.3 Å². The zero-order valence-electron chi connectivity index (χ0n) is 34.8. The quantitative estimate of drug-likeness (QED) is 0.0365. The molecule has 0 saturated carbocycles. The molecule has 0 bridgehead atoms. The Morgan fingerprint density at radius 3 is 2.15 bits per heavy atom. The van der Waals surface area contributed by atoms with Crippen LogP contribution in [-0.2, 0) is 41.6 Å². The van der Waals surface area contributed by atoms with Crippen LogP contribution in [0.1, 0.15) is 73.1 Å². The number of allylic oxidation sites excluding steroid dienone is 2. The summed E-state index contributed by atoms with van der Waals surface area (Å²) < 4.78 is 16.8. The maximum atomic E-state index is 13.8. The molecule has 0 saturated heterocycles. The van der Waals surface area contributed by atoms with Gasteiger partial charge in [-0.3, -0.25) is 9.59 Å². The lowest BCUT2D eigenvalue weighted by Gasteiger charge is -2.24. The van der Waals surface area contributed by atoms with Crippen molar-refractivity contribution in [2.24, 2.45) is 5.92 Å². The summed E-state index contributed by atoms with van der Waals surface area (Å²) in [6.07, 6.45) is 4.93. The average Bonchev–Trinajstić information content (AvgIpc) is 3.61. The molecule has 4 aromatic carbocycles. The number of ether oxygens (including phenoxy) is 3. The van der Waals surface area contributed by atoms with Crippen LogP contribution in [-0.4, -0.2) is 79.6 Å². The molecule has 62 heavy (non-hydrogen) atoms. The number of cyclic esters (lactones) is 1. The van der Waals surface area contributed by atoms with Gasteiger partial charge in [0.15, 0.2) is 0 Å². The highest BCUT2D eigenvalue weighted by Crippen LogP contribution is 2.44. The highest BCUT2D eigenvalue weighted by Gasteiger charge is 2.31. The lowest BCUT2D eigenvalue weighted by atomic mass is 9.97. The Labute approximate surface area is 362 Å². The molecule has 0 radical (unpaired) electrons. The topological polar surface area (TPSA) is 181 Å². The van der Waals surface area contributed by atoms with Crippen molar-refractivity contribution in [1.29, 1.82) is 0 Å². The molecular formula is C49H56N4O9. The molecular weight excluding hydrogens is 789 g/mol. The molecule has 5 N–H and O–H groups in total. The monoisotopic (exact) mass is 844 g/mol. The Kier molecular flexibility index (Phi) is 17.1. The van der Waals surface area contributed by atoms with Crippen LogP contribution in [0, 0.1) is 5.92 Å². The number of carbonyl (C=O) groups excluding carboxylic acids is 5. The predicted octanol–water partition coefficient (Wildman–Crippen LogP) is 6.48. The molecule has 4 amide bonds. The second kappa shape index (κ2) is 23.5. The fraction of sp³-hybridized carbons (Fsp3) is 0.367. The molecule has 1 aliphatic heterocycles. The number of amides is 4. The van der Waals surface area contributed by atoms with Crippen molar-refractivity contribution in [3.05, 3.63) is 144 Å². The van der Waals surface area contributed by atoms with Crippen LogP contribution in [0.5, 0.6) is 0 Å². The lowest BCUT2D eigenvalue weighted by molar-refractivity contribution is -0.147. The van der Waals surface area contributed by atoms with E-state index in [1.54, 1.807) is 6.08 Å². The Bertz CT molecular complexity index is 2080. The molecule has 4 atom stereocenters. The maximum absolute atomic E-state index is 13.8. The van der Waals surface area contributed by atoms with Crippen LogP contribution in [0.2, 0.25) is 0 Å². The molecule has 6 rings (SSSR count). The highest BCUT2D eigenvalue weighted by molar-refractivity contribution is 5.86. The van der Waals surface area contributed by atoms with Crippen molar-refractivity contribution < 1.29 is 43.3 Å². The van der Waals surface area contributed by atoms with Gasteiger partial charge in [0.1, 0.15) is 25.9 Å². The number of fused-ring (bicyclic) bond motifs is 3. The van der Waals surface area contributed by atoms with Gasteiger partial charge in [-0.05, 0) is 78.3 Å². The molecule has 4 aromatic rings. The summed E-state index contributed by atoms with van der Waals surface area (Å²) in [6, 6.07) is 32.7. The van der Waals surface area contributed by atoms with E-state index in [0.717, 1.165) is 33.4 Å². The average molecular weight is 845 g/mol. The van der Waals surface area contributed by atoms with Gasteiger partial charge in [0, 0.05) is 18.9 Å². The van der Waals surface area contributed by atoms with Crippen LogP contribution in [0.25, 0.3) is 11.1 Å². The van der Waals surface area contributed by atoms with Crippen molar-refractivity contribution in [3.8, 4) is 11.1 Å². The minimum absolute atomic E-state index is 0.0789. The summed E-state index contributed by atoms with van der Waals surface area (Å²) in [5.41, 5.74) is 6.16. The summed E-state index contributed by atoms with van der Waals surface area (Å²) in [7, 11) is 0. The molecule has 1 heterocycles. The number of nitrogens with one attached hydrogen (secondary N) is 4. The minimum Gasteiger partial charge on any atom is -0.462 e.